The number of rotatable bonds is 4. The van der Waals surface area contributed by atoms with E-state index in [0.717, 1.165) is 25.9 Å². The molecule has 1 fully saturated rings. The van der Waals surface area contributed by atoms with Crippen molar-refractivity contribution in [3.05, 3.63) is 29.0 Å². The van der Waals surface area contributed by atoms with Crippen LogP contribution in [0.3, 0.4) is 0 Å². The highest BCUT2D eigenvalue weighted by molar-refractivity contribution is 6.32. The normalized spacial score (nSPS) is 21.5. The predicted octanol–water partition coefficient (Wildman–Crippen LogP) is 3.25. The molecule has 2 atom stereocenters. The van der Waals surface area contributed by atoms with Gasteiger partial charge in [0.25, 0.3) is 0 Å². The van der Waals surface area contributed by atoms with E-state index in [1.807, 2.05) is 0 Å². The van der Waals surface area contributed by atoms with Crippen LogP contribution in [0.1, 0.15) is 19.8 Å². The third-order valence-electron chi connectivity index (χ3n) is 3.21. The van der Waals surface area contributed by atoms with Crippen molar-refractivity contribution in [2.75, 3.05) is 13.1 Å². The maximum atomic E-state index is 13.6. The maximum absolute atomic E-state index is 13.6. The molecule has 0 aromatic heterocycles. The minimum absolute atomic E-state index is 0.0272. The molecule has 0 radical (unpaired) electrons. The molecule has 17 heavy (non-hydrogen) atoms. The van der Waals surface area contributed by atoms with Crippen LogP contribution in [0.15, 0.2) is 18.2 Å². The lowest BCUT2D eigenvalue weighted by atomic mass is 9.99. The molecule has 0 amide bonds. The Bertz CT molecular complexity index is 359. The summed E-state index contributed by atoms with van der Waals surface area (Å²) in [6.07, 6.45) is 1.96. The van der Waals surface area contributed by atoms with Gasteiger partial charge in [-0.25, -0.2) is 4.39 Å². The quantitative estimate of drug-likeness (QED) is 0.894. The average Bonchev–Trinajstić information content (AvgIpc) is 2.82. The molecule has 2 nitrogen and oxygen atoms in total. The largest absolute Gasteiger partial charge is 0.485 e. The molecule has 0 bridgehead atoms. The first-order chi connectivity index (χ1) is 8.22. The van der Waals surface area contributed by atoms with Crippen LogP contribution in [-0.2, 0) is 0 Å². The fourth-order valence-corrected chi connectivity index (χ4v) is 2.46. The Kier molecular flexibility index (Phi) is 4.24. The van der Waals surface area contributed by atoms with Crippen molar-refractivity contribution < 1.29 is 9.13 Å². The van der Waals surface area contributed by atoms with Crippen LogP contribution in [0.25, 0.3) is 0 Å². The summed E-state index contributed by atoms with van der Waals surface area (Å²) < 4.78 is 19.4. The van der Waals surface area contributed by atoms with Gasteiger partial charge in [-0.1, -0.05) is 24.6 Å². The monoisotopic (exact) mass is 257 g/mol. The number of nitrogens with one attached hydrogen (secondary N) is 1. The van der Waals surface area contributed by atoms with E-state index in [1.165, 1.54) is 6.07 Å². The minimum atomic E-state index is -0.387. The molecule has 94 valence electrons. The van der Waals surface area contributed by atoms with E-state index in [2.05, 4.69) is 12.2 Å². The fourth-order valence-electron chi connectivity index (χ4n) is 2.25. The number of para-hydroxylation sites is 1. The van der Waals surface area contributed by atoms with Crippen molar-refractivity contribution >= 4 is 11.6 Å². The van der Waals surface area contributed by atoms with Gasteiger partial charge >= 0.3 is 0 Å². The third kappa shape index (κ3) is 2.90. The first-order valence-electron chi connectivity index (χ1n) is 6.03. The van der Waals surface area contributed by atoms with Crippen LogP contribution in [-0.4, -0.2) is 19.2 Å². The average molecular weight is 258 g/mol. The van der Waals surface area contributed by atoms with Crippen molar-refractivity contribution in [2.45, 2.75) is 25.9 Å². The highest BCUT2D eigenvalue weighted by atomic mass is 35.5. The van der Waals surface area contributed by atoms with Crippen molar-refractivity contribution in [3.63, 3.8) is 0 Å². The smallest absolute Gasteiger partial charge is 0.173 e. The molecule has 1 aromatic rings. The lowest BCUT2D eigenvalue weighted by Crippen LogP contribution is -2.28. The van der Waals surface area contributed by atoms with Gasteiger partial charge in [0.2, 0.25) is 0 Å². The summed E-state index contributed by atoms with van der Waals surface area (Å²) in [5, 5.41) is 3.64. The molecule has 1 saturated heterocycles. The summed E-state index contributed by atoms with van der Waals surface area (Å²) in [4.78, 5) is 0. The van der Waals surface area contributed by atoms with Gasteiger partial charge in [0.05, 0.1) is 5.02 Å². The summed E-state index contributed by atoms with van der Waals surface area (Å²) in [6, 6.07) is 4.61. The Morgan fingerprint density at radius 3 is 3.00 bits per heavy atom. The van der Waals surface area contributed by atoms with Gasteiger partial charge in [0.15, 0.2) is 11.6 Å². The number of benzene rings is 1. The van der Waals surface area contributed by atoms with Crippen molar-refractivity contribution in [3.8, 4) is 5.75 Å². The van der Waals surface area contributed by atoms with Crippen LogP contribution >= 0.6 is 11.6 Å². The van der Waals surface area contributed by atoms with E-state index >= 15 is 0 Å². The Balaban J connectivity index is 2.12. The molecule has 1 aliphatic rings. The van der Waals surface area contributed by atoms with Crippen LogP contribution in [0.2, 0.25) is 5.02 Å². The molecular formula is C13H17ClFNO. The molecule has 0 saturated carbocycles. The zero-order valence-electron chi connectivity index (χ0n) is 9.88. The van der Waals surface area contributed by atoms with Crippen molar-refractivity contribution in [1.82, 2.24) is 5.32 Å². The highest BCUT2D eigenvalue weighted by Gasteiger charge is 2.26. The van der Waals surface area contributed by atoms with Crippen molar-refractivity contribution in [2.24, 2.45) is 5.92 Å². The van der Waals surface area contributed by atoms with Crippen molar-refractivity contribution in [1.29, 1.82) is 0 Å². The lowest BCUT2D eigenvalue weighted by Gasteiger charge is -2.23. The molecule has 1 N–H and O–H groups in total. The molecule has 1 aliphatic heterocycles. The topological polar surface area (TPSA) is 21.3 Å². The fraction of sp³-hybridized carbons (Fsp3) is 0.538. The Morgan fingerprint density at radius 2 is 2.41 bits per heavy atom. The summed E-state index contributed by atoms with van der Waals surface area (Å²) >= 11 is 5.96. The van der Waals surface area contributed by atoms with Gasteiger partial charge in [0, 0.05) is 12.5 Å². The zero-order valence-corrected chi connectivity index (χ0v) is 10.6. The second-order valence-corrected chi connectivity index (χ2v) is 4.78. The molecule has 4 heteroatoms. The third-order valence-corrected chi connectivity index (χ3v) is 3.51. The van der Waals surface area contributed by atoms with E-state index in [4.69, 9.17) is 16.3 Å². The number of hydrogen-bond acceptors (Lipinski definition) is 2. The molecule has 0 unspecified atom stereocenters. The van der Waals surface area contributed by atoms with Crippen LogP contribution in [0.5, 0.6) is 5.75 Å². The molecule has 1 aromatic carbocycles. The van der Waals surface area contributed by atoms with E-state index < -0.39 is 0 Å². The first-order valence-corrected chi connectivity index (χ1v) is 6.41. The van der Waals surface area contributed by atoms with Crippen LogP contribution in [0, 0.1) is 11.7 Å². The van der Waals surface area contributed by atoms with Gasteiger partial charge in [0.1, 0.15) is 6.10 Å². The second kappa shape index (κ2) is 5.69. The molecule has 1 heterocycles. The SMILES string of the molecule is CC[C@H](Oc1c(F)cccc1Cl)[C@H]1CCNC1. The second-order valence-electron chi connectivity index (χ2n) is 4.37. The summed E-state index contributed by atoms with van der Waals surface area (Å²) in [5.74, 6) is 0.241. The first kappa shape index (κ1) is 12.7. The lowest BCUT2D eigenvalue weighted by molar-refractivity contribution is 0.133. The summed E-state index contributed by atoms with van der Waals surface area (Å²) in [6.45, 7) is 4.00. The van der Waals surface area contributed by atoms with Gasteiger partial charge in [-0.3, -0.25) is 0 Å². The van der Waals surface area contributed by atoms with Crippen LogP contribution in [0.4, 0.5) is 4.39 Å². The highest BCUT2D eigenvalue weighted by Crippen LogP contribution is 2.31. The molecule has 2 rings (SSSR count). The van der Waals surface area contributed by atoms with E-state index in [-0.39, 0.29) is 17.7 Å². The van der Waals surface area contributed by atoms with Crippen LogP contribution < -0.4 is 10.1 Å². The van der Waals surface area contributed by atoms with E-state index in [1.54, 1.807) is 12.1 Å². The standard InChI is InChI=1S/C13H17ClFNO/c1-2-12(9-6-7-16-8-9)17-13-10(14)4-3-5-11(13)15/h3-5,9,12,16H,2,6-8H2,1H3/t9-,12-/m0/s1. The Morgan fingerprint density at radius 1 is 1.59 bits per heavy atom. The van der Waals surface area contributed by atoms with Gasteiger partial charge < -0.3 is 10.1 Å². The van der Waals surface area contributed by atoms with Gasteiger partial charge in [-0.05, 0) is 31.5 Å². The maximum Gasteiger partial charge on any atom is 0.173 e. The molecule has 0 aliphatic carbocycles. The molecular weight excluding hydrogens is 241 g/mol. The Hall–Kier alpha value is -0.800. The summed E-state index contributed by atoms with van der Waals surface area (Å²) in [5.41, 5.74) is 0. The Labute approximate surface area is 106 Å². The zero-order chi connectivity index (χ0) is 12.3. The number of halogens is 2. The molecule has 0 spiro atoms. The predicted molar refractivity (Wildman–Crippen MR) is 67.1 cm³/mol. The number of ether oxygens (including phenoxy) is 1. The van der Waals surface area contributed by atoms with Gasteiger partial charge in [-0.15, -0.1) is 0 Å². The minimum Gasteiger partial charge on any atom is -0.485 e. The van der Waals surface area contributed by atoms with Gasteiger partial charge in [-0.2, -0.15) is 0 Å². The van der Waals surface area contributed by atoms with E-state index in [9.17, 15) is 4.39 Å². The number of hydrogen-bond donors (Lipinski definition) is 1. The van der Waals surface area contributed by atoms with E-state index in [0.29, 0.717) is 10.9 Å². The summed E-state index contributed by atoms with van der Waals surface area (Å²) in [7, 11) is 0.